The minimum absolute atomic E-state index is 0.133. The summed E-state index contributed by atoms with van der Waals surface area (Å²) < 4.78 is 0. The highest BCUT2D eigenvalue weighted by molar-refractivity contribution is 6.36. The van der Waals surface area contributed by atoms with E-state index in [0.29, 0.717) is 35.0 Å². The molecule has 0 saturated carbocycles. The number of carbonyl (C=O) groups excluding carboxylic acids is 1. The van der Waals surface area contributed by atoms with Crippen LogP contribution in [0.5, 0.6) is 0 Å². The van der Waals surface area contributed by atoms with Crippen LogP contribution >= 0.6 is 0 Å². The molecule has 0 spiro atoms. The molecule has 5 heteroatoms. The summed E-state index contributed by atoms with van der Waals surface area (Å²) in [7, 11) is 0. The molecular formula is C21H20N4O. The largest absolute Gasteiger partial charge is 0.399 e. The van der Waals surface area contributed by atoms with Crippen LogP contribution in [0.2, 0.25) is 0 Å². The van der Waals surface area contributed by atoms with Crippen molar-refractivity contribution in [2.24, 2.45) is 10.7 Å². The van der Waals surface area contributed by atoms with Gasteiger partial charge in [0.05, 0.1) is 16.9 Å². The number of nitrogen functional groups attached to an aromatic ring is 1. The predicted molar refractivity (Wildman–Crippen MR) is 107 cm³/mol. The van der Waals surface area contributed by atoms with Crippen molar-refractivity contribution in [3.8, 4) is 0 Å². The number of carbonyl (C=O) groups is 1. The quantitative estimate of drug-likeness (QED) is 0.645. The molecule has 1 aliphatic heterocycles. The van der Waals surface area contributed by atoms with Gasteiger partial charge >= 0.3 is 0 Å². The van der Waals surface area contributed by atoms with Gasteiger partial charge in [0.25, 0.3) is 5.91 Å². The third-order valence-corrected chi connectivity index (χ3v) is 3.92. The molecule has 1 amide bonds. The van der Waals surface area contributed by atoms with E-state index in [1.165, 1.54) is 0 Å². The molecule has 130 valence electrons. The number of nitrogens with zero attached hydrogens (tertiary/aromatic N) is 2. The first-order valence-corrected chi connectivity index (χ1v) is 8.23. The maximum absolute atomic E-state index is 13.0. The van der Waals surface area contributed by atoms with Crippen LogP contribution in [0.15, 0.2) is 90.1 Å². The van der Waals surface area contributed by atoms with Gasteiger partial charge in [0.15, 0.2) is 0 Å². The number of aliphatic imine (C=N–C) groups is 1. The highest BCUT2D eigenvalue weighted by Gasteiger charge is 2.34. The molecule has 0 saturated heterocycles. The van der Waals surface area contributed by atoms with Gasteiger partial charge in [-0.25, -0.2) is 4.99 Å². The first-order valence-electron chi connectivity index (χ1n) is 8.23. The first-order chi connectivity index (χ1) is 12.7. The van der Waals surface area contributed by atoms with Crippen molar-refractivity contribution in [2.75, 3.05) is 17.2 Å². The van der Waals surface area contributed by atoms with Crippen molar-refractivity contribution in [2.45, 2.75) is 0 Å². The number of amides is 1. The van der Waals surface area contributed by atoms with Gasteiger partial charge in [-0.2, -0.15) is 0 Å². The Labute approximate surface area is 152 Å². The lowest BCUT2D eigenvalue weighted by Crippen LogP contribution is -2.30. The lowest BCUT2D eigenvalue weighted by atomic mass is 10.1. The molecule has 0 bridgehead atoms. The maximum atomic E-state index is 13.0. The number of amidine groups is 1. The Hall–Kier alpha value is -3.44. The molecule has 3 rings (SSSR count). The van der Waals surface area contributed by atoms with Crippen LogP contribution in [0.1, 0.15) is 15.9 Å². The fourth-order valence-electron chi connectivity index (χ4n) is 2.73. The van der Waals surface area contributed by atoms with Crippen molar-refractivity contribution >= 4 is 23.1 Å². The number of benzene rings is 2. The first kappa shape index (κ1) is 17.4. The molecule has 0 unspecified atom stereocenters. The molecule has 0 fully saturated rings. The van der Waals surface area contributed by atoms with Gasteiger partial charge in [-0.3, -0.25) is 9.69 Å². The smallest absolute Gasteiger partial charge is 0.264 e. The second kappa shape index (κ2) is 7.63. The number of rotatable bonds is 5. The zero-order valence-electron chi connectivity index (χ0n) is 14.3. The molecule has 26 heavy (non-hydrogen) atoms. The van der Waals surface area contributed by atoms with Crippen LogP contribution in [0.25, 0.3) is 0 Å². The average Bonchev–Trinajstić information content (AvgIpc) is 2.93. The van der Waals surface area contributed by atoms with Crippen molar-refractivity contribution in [3.63, 3.8) is 0 Å². The van der Waals surface area contributed by atoms with Gasteiger partial charge in [0.2, 0.25) is 0 Å². The van der Waals surface area contributed by atoms with E-state index in [1.807, 2.05) is 42.5 Å². The van der Waals surface area contributed by atoms with Crippen LogP contribution in [0.3, 0.4) is 0 Å². The summed E-state index contributed by atoms with van der Waals surface area (Å²) in [6, 6.07) is 14.6. The molecule has 1 heterocycles. The van der Waals surface area contributed by atoms with Crippen molar-refractivity contribution < 1.29 is 4.79 Å². The van der Waals surface area contributed by atoms with E-state index in [2.05, 4.69) is 11.6 Å². The topological polar surface area (TPSA) is 84.7 Å². The summed E-state index contributed by atoms with van der Waals surface area (Å²) in [6.07, 6.45) is 7.06. The Morgan fingerprint density at radius 3 is 2.62 bits per heavy atom. The van der Waals surface area contributed by atoms with Gasteiger partial charge in [0.1, 0.15) is 5.84 Å². The van der Waals surface area contributed by atoms with E-state index < -0.39 is 0 Å². The standard InChI is InChI=1S/C21H20N4O/c1-2-16(9-5-6-13-22)24-20-18-11-3-4-12-19(18)21(26)25(20)17-10-7-8-15(23)14-17/h2-12,14H,1,13,22-23H2/b6-5-,16-9+,24-20?. The Kier molecular flexibility index (Phi) is 5.10. The second-order valence-electron chi connectivity index (χ2n) is 5.68. The molecule has 5 nitrogen and oxygen atoms in total. The average molecular weight is 344 g/mol. The lowest BCUT2D eigenvalue weighted by molar-refractivity contribution is 0.101. The van der Waals surface area contributed by atoms with Gasteiger partial charge in [-0.15, -0.1) is 0 Å². The summed E-state index contributed by atoms with van der Waals surface area (Å²) in [6.45, 7) is 4.24. The Balaban J connectivity index is 2.15. The normalized spacial score (nSPS) is 15.7. The Bertz CT molecular complexity index is 941. The van der Waals surface area contributed by atoms with Crippen LogP contribution in [-0.2, 0) is 0 Å². The van der Waals surface area contributed by atoms with E-state index in [4.69, 9.17) is 11.5 Å². The molecule has 0 aliphatic carbocycles. The summed E-state index contributed by atoms with van der Waals surface area (Å²) in [5, 5.41) is 0. The monoisotopic (exact) mass is 344 g/mol. The number of nitrogens with two attached hydrogens (primary N) is 2. The molecule has 2 aromatic rings. The van der Waals surface area contributed by atoms with Crippen molar-refractivity contribution in [1.82, 2.24) is 0 Å². The van der Waals surface area contributed by atoms with E-state index in [9.17, 15) is 4.79 Å². The maximum Gasteiger partial charge on any atom is 0.264 e. The number of hydrogen-bond donors (Lipinski definition) is 2. The molecule has 2 aromatic carbocycles. The fraction of sp³-hybridized carbons (Fsp3) is 0.0476. The van der Waals surface area contributed by atoms with E-state index in [-0.39, 0.29) is 5.91 Å². The third kappa shape index (κ3) is 3.34. The van der Waals surface area contributed by atoms with E-state index in [0.717, 1.165) is 5.56 Å². The minimum Gasteiger partial charge on any atom is -0.399 e. The Morgan fingerprint density at radius 2 is 1.92 bits per heavy atom. The molecular weight excluding hydrogens is 324 g/mol. The van der Waals surface area contributed by atoms with Crippen LogP contribution in [-0.4, -0.2) is 18.3 Å². The summed E-state index contributed by atoms with van der Waals surface area (Å²) >= 11 is 0. The molecule has 0 atom stereocenters. The van der Waals surface area contributed by atoms with Gasteiger partial charge in [-0.1, -0.05) is 43.0 Å². The fourth-order valence-corrected chi connectivity index (χ4v) is 2.73. The lowest BCUT2D eigenvalue weighted by Gasteiger charge is -2.18. The van der Waals surface area contributed by atoms with E-state index >= 15 is 0 Å². The summed E-state index contributed by atoms with van der Waals surface area (Å²) in [5.74, 6) is 0.411. The molecule has 0 radical (unpaired) electrons. The highest BCUT2D eigenvalue weighted by atomic mass is 16.2. The van der Waals surface area contributed by atoms with Crippen LogP contribution in [0.4, 0.5) is 11.4 Å². The van der Waals surface area contributed by atoms with Crippen LogP contribution < -0.4 is 16.4 Å². The highest BCUT2D eigenvalue weighted by Crippen LogP contribution is 2.30. The van der Waals surface area contributed by atoms with Crippen molar-refractivity contribution in [1.29, 1.82) is 0 Å². The summed E-state index contributed by atoms with van der Waals surface area (Å²) in [4.78, 5) is 19.2. The van der Waals surface area contributed by atoms with E-state index in [1.54, 1.807) is 35.3 Å². The second-order valence-corrected chi connectivity index (χ2v) is 5.68. The third-order valence-electron chi connectivity index (χ3n) is 3.92. The zero-order chi connectivity index (χ0) is 18.5. The van der Waals surface area contributed by atoms with Crippen LogP contribution in [0, 0.1) is 0 Å². The number of hydrogen-bond acceptors (Lipinski definition) is 4. The zero-order valence-corrected chi connectivity index (χ0v) is 14.3. The molecule has 1 aliphatic rings. The van der Waals surface area contributed by atoms with Gasteiger partial charge < -0.3 is 11.5 Å². The predicted octanol–water partition coefficient (Wildman–Crippen LogP) is 3.26. The van der Waals surface area contributed by atoms with Crippen molar-refractivity contribution in [3.05, 3.63) is 96.2 Å². The number of fused-ring (bicyclic) bond motifs is 1. The summed E-state index contributed by atoms with van der Waals surface area (Å²) in [5.41, 5.74) is 14.6. The van der Waals surface area contributed by atoms with Gasteiger partial charge in [0, 0.05) is 17.8 Å². The molecule has 4 N–H and O–H groups in total. The van der Waals surface area contributed by atoms with Gasteiger partial charge in [-0.05, 0) is 36.4 Å². The number of anilines is 2. The number of allylic oxidation sites excluding steroid dienone is 3. The minimum atomic E-state index is -0.133. The molecule has 0 aromatic heterocycles. The SMILES string of the molecule is C=C/C(=C\C=C/CN)N=C1c2ccccc2C(=O)N1c1cccc(N)c1. The Morgan fingerprint density at radius 1 is 1.15 bits per heavy atom.